The van der Waals surface area contributed by atoms with Crippen molar-refractivity contribution in [3.63, 3.8) is 0 Å². The Morgan fingerprint density at radius 3 is 2.26 bits per heavy atom. The van der Waals surface area contributed by atoms with Gasteiger partial charge in [-0.2, -0.15) is 13.2 Å². The van der Waals surface area contributed by atoms with Gasteiger partial charge in [-0.15, -0.1) is 0 Å². The molecule has 0 radical (unpaired) electrons. The fourth-order valence-electron chi connectivity index (χ4n) is 3.43. The average Bonchev–Trinajstić information content (AvgIpc) is 3.04. The van der Waals surface area contributed by atoms with Crippen molar-refractivity contribution in [1.29, 1.82) is 0 Å². The van der Waals surface area contributed by atoms with Gasteiger partial charge in [0.25, 0.3) is 5.69 Å². The number of ether oxygens (including phenoxy) is 1. The molecule has 0 aliphatic rings. The van der Waals surface area contributed by atoms with Crippen LogP contribution in [0.15, 0.2) is 53.4 Å². The third-order valence-electron chi connectivity index (χ3n) is 4.99. The van der Waals surface area contributed by atoms with E-state index in [1.165, 1.54) is 30.3 Å². The van der Waals surface area contributed by atoms with Gasteiger partial charge >= 0.3 is 6.18 Å². The highest BCUT2D eigenvalue weighted by atomic mass is 32.2. The molecule has 2 aromatic carbocycles. The van der Waals surface area contributed by atoms with Crippen LogP contribution in [0.1, 0.15) is 27.3 Å². The number of benzene rings is 2. The molecule has 0 fully saturated rings. The van der Waals surface area contributed by atoms with Crippen molar-refractivity contribution in [3.8, 4) is 11.4 Å². The molecule has 13 heteroatoms. The number of non-ortho nitro benzene ring substituents is 1. The van der Waals surface area contributed by atoms with E-state index in [2.05, 4.69) is 0 Å². The lowest BCUT2D eigenvalue weighted by atomic mass is 10.1. The molecule has 34 heavy (non-hydrogen) atoms. The molecule has 1 heterocycles. The normalized spacial score (nSPS) is 11.9. The van der Waals surface area contributed by atoms with Crippen LogP contribution < -0.4 is 9.88 Å². The first-order valence-corrected chi connectivity index (χ1v) is 11.1. The second-order valence-electron chi connectivity index (χ2n) is 7.31. The van der Waals surface area contributed by atoms with Gasteiger partial charge in [0.2, 0.25) is 15.8 Å². The summed E-state index contributed by atoms with van der Waals surface area (Å²) < 4.78 is 69.6. The number of primary sulfonamides is 1. The van der Waals surface area contributed by atoms with Crippen LogP contribution >= 0.6 is 0 Å². The average molecular weight is 497 g/mol. The zero-order chi connectivity index (χ0) is 25.4. The molecule has 3 aromatic rings. The molecule has 0 saturated carbocycles. The third kappa shape index (κ3) is 5.10. The number of aromatic nitrogens is 1. The highest BCUT2D eigenvalue weighted by molar-refractivity contribution is 7.89. The van der Waals surface area contributed by atoms with E-state index in [9.17, 15) is 36.5 Å². The number of nitro groups is 1. The van der Waals surface area contributed by atoms with Crippen LogP contribution in [0.5, 0.6) is 5.75 Å². The Morgan fingerprint density at radius 2 is 1.74 bits per heavy atom. The van der Waals surface area contributed by atoms with E-state index in [-0.39, 0.29) is 10.5 Å². The summed E-state index contributed by atoms with van der Waals surface area (Å²) in [6.45, 7) is 2.56. The van der Waals surface area contributed by atoms with Crippen LogP contribution in [0.2, 0.25) is 0 Å². The Labute approximate surface area is 191 Å². The molecule has 0 aliphatic carbocycles. The Kier molecular flexibility index (Phi) is 6.53. The van der Waals surface area contributed by atoms with Gasteiger partial charge in [0.15, 0.2) is 6.61 Å². The zero-order valence-electron chi connectivity index (χ0n) is 17.8. The van der Waals surface area contributed by atoms with Gasteiger partial charge in [0, 0.05) is 34.8 Å². The number of sulfonamides is 1. The van der Waals surface area contributed by atoms with Crippen molar-refractivity contribution >= 4 is 21.5 Å². The molecular weight excluding hydrogens is 479 g/mol. The third-order valence-corrected chi connectivity index (χ3v) is 5.92. The minimum atomic E-state index is -4.93. The van der Waals surface area contributed by atoms with Gasteiger partial charge in [0.05, 0.1) is 9.82 Å². The Bertz CT molecular complexity index is 1380. The molecular formula is C21H18F3N3O6S. The summed E-state index contributed by atoms with van der Waals surface area (Å²) in [5.41, 5.74) is -0.344. The number of aryl methyl sites for hydroxylation is 1. The summed E-state index contributed by atoms with van der Waals surface area (Å²) in [6, 6.07) is 9.12. The standard InChI is InChI=1S/C21H18F3N3O6S/c1-12-9-17(13(2)26(12)14-3-6-16(7-4-14)34(25,31)32)19(28)11-33-20-8-5-15(27(29)30)10-18(20)21(22,23)24/h3-10H,11H2,1-2H3,(H2,25,31,32). The predicted octanol–water partition coefficient (Wildman–Crippen LogP) is 3.93. The van der Waals surface area contributed by atoms with Crippen LogP contribution in [0.4, 0.5) is 18.9 Å². The second kappa shape index (κ2) is 8.91. The summed E-state index contributed by atoms with van der Waals surface area (Å²) in [5.74, 6) is -1.33. The van der Waals surface area contributed by atoms with Crippen molar-refractivity contribution in [2.45, 2.75) is 24.9 Å². The molecule has 9 nitrogen and oxygen atoms in total. The van der Waals surface area contributed by atoms with Crippen LogP contribution in [-0.2, 0) is 16.2 Å². The number of Topliss-reactive ketones (excluding diaryl/α,β-unsaturated/α-hetero) is 1. The van der Waals surface area contributed by atoms with Gasteiger partial charge in [-0.25, -0.2) is 13.6 Å². The lowest BCUT2D eigenvalue weighted by Gasteiger charge is -2.13. The molecule has 180 valence electrons. The van der Waals surface area contributed by atoms with Crippen LogP contribution in [0.25, 0.3) is 5.69 Å². The number of alkyl halides is 3. The first kappa shape index (κ1) is 24.9. The summed E-state index contributed by atoms with van der Waals surface area (Å²) in [6.07, 6.45) is -4.93. The quantitative estimate of drug-likeness (QED) is 0.299. The minimum Gasteiger partial charge on any atom is -0.485 e. The smallest absolute Gasteiger partial charge is 0.420 e. The molecule has 0 spiro atoms. The molecule has 0 unspecified atom stereocenters. The number of nitrogens with two attached hydrogens (primary N) is 1. The molecule has 2 N–H and O–H groups in total. The van der Waals surface area contributed by atoms with Crippen LogP contribution in [0, 0.1) is 24.0 Å². The van der Waals surface area contributed by atoms with Crippen molar-refractivity contribution in [1.82, 2.24) is 4.57 Å². The van der Waals surface area contributed by atoms with Crippen LogP contribution in [-0.4, -0.2) is 30.3 Å². The highest BCUT2D eigenvalue weighted by Gasteiger charge is 2.36. The van der Waals surface area contributed by atoms with Crippen molar-refractivity contribution < 1.29 is 36.0 Å². The second-order valence-corrected chi connectivity index (χ2v) is 8.87. The van der Waals surface area contributed by atoms with E-state index in [0.717, 1.165) is 12.1 Å². The largest absolute Gasteiger partial charge is 0.485 e. The van der Waals surface area contributed by atoms with E-state index in [4.69, 9.17) is 9.88 Å². The molecule has 1 aromatic heterocycles. The number of hydrogen-bond donors (Lipinski definition) is 1. The summed E-state index contributed by atoms with van der Waals surface area (Å²) in [5, 5.41) is 15.9. The molecule has 0 amide bonds. The first-order valence-electron chi connectivity index (χ1n) is 9.54. The van der Waals surface area contributed by atoms with Crippen molar-refractivity contribution in [3.05, 3.63) is 81.2 Å². The Hall–Kier alpha value is -3.71. The molecule has 0 saturated heterocycles. The number of ketones is 1. The monoisotopic (exact) mass is 497 g/mol. The number of hydrogen-bond acceptors (Lipinski definition) is 6. The van der Waals surface area contributed by atoms with Gasteiger partial charge in [0.1, 0.15) is 11.3 Å². The summed E-state index contributed by atoms with van der Waals surface area (Å²) in [4.78, 5) is 22.5. The van der Waals surface area contributed by atoms with Crippen LogP contribution in [0.3, 0.4) is 0 Å². The summed E-state index contributed by atoms with van der Waals surface area (Å²) >= 11 is 0. The highest BCUT2D eigenvalue weighted by Crippen LogP contribution is 2.38. The molecule has 0 atom stereocenters. The number of carbonyl (C=O) groups excluding carboxylic acids is 1. The van der Waals surface area contributed by atoms with E-state index in [1.807, 2.05) is 0 Å². The number of rotatable bonds is 7. The predicted molar refractivity (Wildman–Crippen MR) is 115 cm³/mol. The van der Waals surface area contributed by atoms with Gasteiger partial charge in [-0.1, -0.05) is 0 Å². The number of nitrogens with zero attached hydrogens (tertiary/aromatic N) is 2. The fraction of sp³-hybridized carbons (Fsp3) is 0.190. The zero-order valence-corrected chi connectivity index (χ0v) is 18.6. The minimum absolute atomic E-state index is 0.0908. The number of halogens is 3. The van der Waals surface area contributed by atoms with E-state index in [0.29, 0.717) is 23.1 Å². The van der Waals surface area contributed by atoms with E-state index in [1.54, 1.807) is 18.4 Å². The molecule has 3 rings (SSSR count). The maximum Gasteiger partial charge on any atom is 0.420 e. The fourth-order valence-corrected chi connectivity index (χ4v) is 3.94. The van der Waals surface area contributed by atoms with Crippen molar-refractivity contribution in [2.24, 2.45) is 5.14 Å². The maximum atomic E-state index is 13.3. The van der Waals surface area contributed by atoms with Gasteiger partial charge in [-0.3, -0.25) is 14.9 Å². The molecule has 0 bridgehead atoms. The van der Waals surface area contributed by atoms with Gasteiger partial charge < -0.3 is 9.30 Å². The summed E-state index contributed by atoms with van der Waals surface area (Å²) in [7, 11) is -3.88. The lowest BCUT2D eigenvalue weighted by Crippen LogP contribution is -2.16. The SMILES string of the molecule is Cc1cc(C(=O)COc2ccc([N+](=O)[O-])cc2C(F)(F)F)c(C)n1-c1ccc(S(N)(=O)=O)cc1. The van der Waals surface area contributed by atoms with Crippen molar-refractivity contribution in [2.75, 3.05) is 6.61 Å². The van der Waals surface area contributed by atoms with E-state index >= 15 is 0 Å². The maximum absolute atomic E-state index is 13.3. The Balaban J connectivity index is 1.87. The lowest BCUT2D eigenvalue weighted by molar-refractivity contribution is -0.385. The Morgan fingerprint density at radius 1 is 1.12 bits per heavy atom. The number of nitro benzene ring substituents is 1. The molecule has 0 aliphatic heterocycles. The topological polar surface area (TPSA) is 135 Å². The first-order chi connectivity index (χ1) is 15.7. The van der Waals surface area contributed by atoms with E-state index < -0.39 is 50.5 Å². The number of carbonyl (C=O) groups is 1. The van der Waals surface area contributed by atoms with Gasteiger partial charge in [-0.05, 0) is 50.2 Å².